The fourth-order valence-electron chi connectivity index (χ4n) is 1.25. The van der Waals surface area contributed by atoms with Gasteiger partial charge in [0, 0.05) is 14.6 Å². The molecule has 0 unspecified atom stereocenters. The van der Waals surface area contributed by atoms with Crippen LogP contribution in [0, 0.1) is 3.57 Å². The first-order valence-corrected chi connectivity index (χ1v) is 5.32. The van der Waals surface area contributed by atoms with Crippen LogP contribution in [0.1, 0.15) is 15.9 Å². The molecule has 1 N–H and O–H groups in total. The van der Waals surface area contributed by atoms with Crippen LogP contribution in [0.3, 0.4) is 0 Å². The second-order valence-electron chi connectivity index (χ2n) is 2.58. The van der Waals surface area contributed by atoms with Gasteiger partial charge in [0.05, 0.1) is 5.56 Å². The smallest absolute Gasteiger partial charge is 0.253 e. The lowest BCUT2D eigenvalue weighted by Crippen LogP contribution is -2.12. The third-order valence-electron chi connectivity index (χ3n) is 1.85. The summed E-state index contributed by atoms with van der Waals surface area (Å²) < 4.78 is 1.99. The van der Waals surface area contributed by atoms with Gasteiger partial charge in [-0.1, -0.05) is 6.07 Å². The number of carbonyl (C=O) groups is 1. The van der Waals surface area contributed by atoms with Gasteiger partial charge in [-0.15, -0.1) is 0 Å². The van der Waals surface area contributed by atoms with Gasteiger partial charge in [0.1, 0.15) is 0 Å². The van der Waals surface area contributed by atoms with Gasteiger partial charge in [0.15, 0.2) is 0 Å². The number of hydrogen-bond acceptors (Lipinski definition) is 1. The molecule has 0 fully saturated rings. The summed E-state index contributed by atoms with van der Waals surface area (Å²) in [7, 11) is 0. The fraction of sp³-hybridized carbons (Fsp3) is 0.125. The van der Waals surface area contributed by atoms with Crippen molar-refractivity contribution in [3.63, 3.8) is 0 Å². The van der Waals surface area contributed by atoms with Crippen molar-refractivity contribution in [2.45, 2.75) is 6.54 Å². The van der Waals surface area contributed by atoms with E-state index in [1.807, 2.05) is 12.1 Å². The summed E-state index contributed by atoms with van der Waals surface area (Å²) in [6.45, 7) is 0.656. The molecule has 0 aliphatic carbocycles. The first-order valence-electron chi connectivity index (χ1n) is 3.45. The molecule has 2 nitrogen and oxygen atoms in total. The first kappa shape index (κ1) is 8.50. The van der Waals surface area contributed by atoms with Gasteiger partial charge < -0.3 is 5.32 Å². The summed E-state index contributed by atoms with van der Waals surface area (Å²) in [6.07, 6.45) is 0. The Hall–Kier alpha value is -0.100. The van der Waals surface area contributed by atoms with E-state index in [0.717, 1.165) is 19.2 Å². The van der Waals surface area contributed by atoms with Crippen LogP contribution in [0.5, 0.6) is 0 Å². The predicted molar refractivity (Wildman–Crippen MR) is 58.0 cm³/mol. The first-order chi connectivity index (χ1) is 5.70. The van der Waals surface area contributed by atoms with E-state index < -0.39 is 0 Å². The Balaban J connectivity index is 2.71. The van der Waals surface area contributed by atoms with Gasteiger partial charge >= 0.3 is 0 Å². The van der Waals surface area contributed by atoms with Crippen molar-refractivity contribution in [2.75, 3.05) is 0 Å². The zero-order chi connectivity index (χ0) is 8.72. The lowest BCUT2D eigenvalue weighted by Gasteiger charge is -2.00. The number of halogens is 2. The highest BCUT2D eigenvalue weighted by Gasteiger charge is 2.22. The summed E-state index contributed by atoms with van der Waals surface area (Å²) in [4.78, 5) is 11.3. The highest BCUT2D eigenvalue weighted by molar-refractivity contribution is 14.1. The van der Waals surface area contributed by atoms with Gasteiger partial charge in [-0.2, -0.15) is 0 Å². The maximum atomic E-state index is 11.3. The minimum atomic E-state index is 0.0235. The average molecular weight is 338 g/mol. The molecule has 1 aromatic rings. The Bertz CT molecular complexity index is 364. The van der Waals surface area contributed by atoms with E-state index >= 15 is 0 Å². The highest BCUT2D eigenvalue weighted by atomic mass is 127. The van der Waals surface area contributed by atoms with Crippen molar-refractivity contribution >= 4 is 44.4 Å². The third-order valence-corrected chi connectivity index (χ3v) is 4.31. The molecule has 1 aliphatic rings. The quantitative estimate of drug-likeness (QED) is 0.723. The minimum absolute atomic E-state index is 0.0235. The maximum absolute atomic E-state index is 11.3. The zero-order valence-electron chi connectivity index (χ0n) is 6.03. The van der Waals surface area contributed by atoms with Crippen LogP contribution < -0.4 is 5.32 Å². The zero-order valence-corrected chi connectivity index (χ0v) is 9.77. The largest absolute Gasteiger partial charge is 0.348 e. The van der Waals surface area contributed by atoms with Gasteiger partial charge in [-0.25, -0.2) is 0 Å². The molecule has 1 aromatic carbocycles. The summed E-state index contributed by atoms with van der Waals surface area (Å²) in [5.41, 5.74) is 1.87. The second-order valence-corrected chi connectivity index (χ2v) is 4.53. The van der Waals surface area contributed by atoms with Crippen molar-refractivity contribution in [2.24, 2.45) is 0 Å². The molecular weight excluding hydrogens is 333 g/mol. The molecule has 0 saturated carbocycles. The Morgan fingerprint density at radius 1 is 1.50 bits per heavy atom. The SMILES string of the molecule is O=C1NCc2ccc(I)c(Br)c21. The van der Waals surface area contributed by atoms with Crippen molar-refractivity contribution in [3.05, 3.63) is 31.3 Å². The maximum Gasteiger partial charge on any atom is 0.253 e. The highest BCUT2D eigenvalue weighted by Crippen LogP contribution is 2.29. The van der Waals surface area contributed by atoms with Crippen molar-refractivity contribution in [1.82, 2.24) is 5.32 Å². The van der Waals surface area contributed by atoms with Crippen LogP contribution >= 0.6 is 38.5 Å². The van der Waals surface area contributed by atoms with Gasteiger partial charge in [0.25, 0.3) is 5.91 Å². The number of fused-ring (bicyclic) bond motifs is 1. The Labute approximate surface area is 92.0 Å². The summed E-state index contributed by atoms with van der Waals surface area (Å²) in [5, 5.41) is 2.78. The lowest BCUT2D eigenvalue weighted by molar-refractivity contribution is 0.0965. The van der Waals surface area contributed by atoms with Gasteiger partial charge in [0.2, 0.25) is 0 Å². The van der Waals surface area contributed by atoms with E-state index in [9.17, 15) is 4.79 Å². The molecule has 1 heterocycles. The van der Waals surface area contributed by atoms with Crippen LogP contribution in [0.15, 0.2) is 16.6 Å². The number of carbonyl (C=O) groups excluding carboxylic acids is 1. The lowest BCUT2D eigenvalue weighted by atomic mass is 10.1. The molecule has 0 spiro atoms. The van der Waals surface area contributed by atoms with Crippen LogP contribution in [0.4, 0.5) is 0 Å². The molecule has 0 bridgehead atoms. The van der Waals surface area contributed by atoms with E-state index in [0.29, 0.717) is 6.54 Å². The molecule has 0 radical (unpaired) electrons. The number of nitrogens with one attached hydrogen (secondary N) is 1. The third kappa shape index (κ3) is 1.17. The fourth-order valence-corrected chi connectivity index (χ4v) is 2.26. The number of amides is 1. The molecule has 0 saturated heterocycles. The standard InChI is InChI=1S/C8H5BrINO/c9-7-5(10)2-1-4-3-11-8(12)6(4)7/h1-2H,3H2,(H,11,12). The molecule has 4 heteroatoms. The Morgan fingerprint density at radius 2 is 2.25 bits per heavy atom. The topological polar surface area (TPSA) is 29.1 Å². The molecule has 1 amide bonds. The van der Waals surface area contributed by atoms with E-state index in [1.54, 1.807) is 0 Å². The van der Waals surface area contributed by atoms with Crippen LogP contribution in [0.25, 0.3) is 0 Å². The second kappa shape index (κ2) is 2.99. The molecule has 12 heavy (non-hydrogen) atoms. The number of rotatable bonds is 0. The normalized spacial score (nSPS) is 14.3. The van der Waals surface area contributed by atoms with E-state index in [-0.39, 0.29) is 5.91 Å². The summed E-state index contributed by atoms with van der Waals surface area (Å²) in [6, 6.07) is 3.99. The van der Waals surface area contributed by atoms with Crippen molar-refractivity contribution in [1.29, 1.82) is 0 Å². The Kier molecular flexibility index (Phi) is 2.12. The summed E-state index contributed by atoms with van der Waals surface area (Å²) >= 11 is 5.60. The van der Waals surface area contributed by atoms with Crippen LogP contribution in [0.2, 0.25) is 0 Å². The van der Waals surface area contributed by atoms with E-state index in [1.165, 1.54) is 0 Å². The monoisotopic (exact) mass is 337 g/mol. The molecule has 1 aliphatic heterocycles. The molecular formula is C8H5BrINO. The van der Waals surface area contributed by atoms with E-state index in [4.69, 9.17) is 0 Å². The van der Waals surface area contributed by atoms with Crippen LogP contribution in [-0.4, -0.2) is 5.91 Å². The van der Waals surface area contributed by atoms with Gasteiger partial charge in [-0.3, -0.25) is 4.79 Å². The van der Waals surface area contributed by atoms with Gasteiger partial charge in [-0.05, 0) is 50.2 Å². The van der Waals surface area contributed by atoms with Crippen molar-refractivity contribution < 1.29 is 4.79 Å². The molecule has 0 atom stereocenters. The number of benzene rings is 1. The average Bonchev–Trinajstić information content (AvgIpc) is 2.41. The molecule has 62 valence electrons. The summed E-state index contributed by atoms with van der Waals surface area (Å²) in [5.74, 6) is 0.0235. The van der Waals surface area contributed by atoms with Crippen molar-refractivity contribution in [3.8, 4) is 0 Å². The number of hydrogen-bond donors (Lipinski definition) is 1. The molecule has 0 aromatic heterocycles. The van der Waals surface area contributed by atoms with E-state index in [2.05, 4.69) is 43.8 Å². The molecule has 2 rings (SSSR count). The van der Waals surface area contributed by atoms with Crippen LogP contribution in [-0.2, 0) is 6.54 Å². The Morgan fingerprint density at radius 3 is 3.00 bits per heavy atom. The minimum Gasteiger partial charge on any atom is -0.348 e. The predicted octanol–water partition coefficient (Wildman–Crippen LogP) is 2.30.